The Labute approximate surface area is 106 Å². The molecule has 0 bridgehead atoms. The zero-order valence-corrected chi connectivity index (χ0v) is 11.4. The molecule has 0 radical (unpaired) electrons. The van der Waals surface area contributed by atoms with Crippen molar-refractivity contribution in [3.63, 3.8) is 0 Å². The first-order valence-corrected chi connectivity index (χ1v) is 6.54. The Kier molecular flexibility index (Phi) is 3.66. The Bertz CT molecular complexity index is 483. The van der Waals surface area contributed by atoms with Crippen LogP contribution in [0.5, 0.6) is 0 Å². The van der Waals surface area contributed by atoms with Gasteiger partial charge in [0, 0.05) is 35.9 Å². The number of hydrogen-bond acceptors (Lipinski definition) is 3. The largest absolute Gasteiger partial charge is 0.326 e. The molecule has 17 heavy (non-hydrogen) atoms. The van der Waals surface area contributed by atoms with Gasteiger partial charge in [0.2, 0.25) is 0 Å². The second-order valence-corrected chi connectivity index (χ2v) is 5.55. The maximum atomic E-state index is 5.88. The first kappa shape index (κ1) is 12.4. The van der Waals surface area contributed by atoms with Gasteiger partial charge in [-0.2, -0.15) is 0 Å². The molecule has 0 aliphatic carbocycles. The maximum absolute atomic E-state index is 5.88. The van der Waals surface area contributed by atoms with E-state index < -0.39 is 0 Å². The average Bonchev–Trinajstić information content (AvgIpc) is 2.87. The first-order chi connectivity index (χ1) is 8.13. The monoisotopic (exact) mass is 249 g/mol. The van der Waals surface area contributed by atoms with Crippen molar-refractivity contribution in [2.24, 2.45) is 5.73 Å². The van der Waals surface area contributed by atoms with Gasteiger partial charge in [-0.25, -0.2) is 0 Å². The molecule has 0 unspecified atom stereocenters. The van der Waals surface area contributed by atoms with E-state index in [9.17, 15) is 0 Å². The van der Waals surface area contributed by atoms with Gasteiger partial charge in [0.15, 0.2) is 0 Å². The third-order valence-corrected chi connectivity index (χ3v) is 4.18. The van der Waals surface area contributed by atoms with Crippen LogP contribution < -0.4 is 5.73 Å². The molecule has 0 aromatic carbocycles. The van der Waals surface area contributed by atoms with Crippen LogP contribution in [0, 0.1) is 6.92 Å². The zero-order valence-electron chi connectivity index (χ0n) is 10.6. The van der Waals surface area contributed by atoms with Gasteiger partial charge in [-0.1, -0.05) is 0 Å². The lowest BCUT2D eigenvalue weighted by molar-refractivity contribution is 0.405. The molecule has 0 aliphatic rings. The summed E-state index contributed by atoms with van der Waals surface area (Å²) in [4.78, 5) is 3.60. The summed E-state index contributed by atoms with van der Waals surface area (Å²) in [6.45, 7) is 3.75. The topological polar surface area (TPSA) is 34.2 Å². The molecule has 0 saturated carbocycles. The van der Waals surface area contributed by atoms with Crippen LogP contribution in [0.15, 0.2) is 24.5 Å². The van der Waals surface area contributed by atoms with Gasteiger partial charge < -0.3 is 15.2 Å². The van der Waals surface area contributed by atoms with Gasteiger partial charge in [-0.3, -0.25) is 0 Å². The van der Waals surface area contributed by atoms with Crippen LogP contribution in [-0.4, -0.2) is 23.6 Å². The molecule has 0 fully saturated rings. The number of hydrogen-bond donors (Lipinski definition) is 1. The van der Waals surface area contributed by atoms with Gasteiger partial charge >= 0.3 is 0 Å². The average molecular weight is 249 g/mol. The van der Waals surface area contributed by atoms with Crippen LogP contribution in [0.2, 0.25) is 0 Å². The smallest absolute Gasteiger partial charge is 0.104 e. The van der Waals surface area contributed by atoms with E-state index in [-0.39, 0.29) is 0 Å². The molecule has 4 heteroatoms. The fraction of sp³-hybridized carbons (Fsp3) is 0.385. The van der Waals surface area contributed by atoms with E-state index in [2.05, 4.69) is 42.9 Å². The predicted octanol–water partition coefficient (Wildman–Crippen LogP) is 2.37. The van der Waals surface area contributed by atoms with Gasteiger partial charge in [-0.15, -0.1) is 11.3 Å². The molecule has 2 heterocycles. The van der Waals surface area contributed by atoms with E-state index in [0.717, 1.165) is 6.54 Å². The molecule has 0 aliphatic heterocycles. The van der Waals surface area contributed by atoms with Crippen LogP contribution in [0.3, 0.4) is 0 Å². The number of nitrogens with two attached hydrogens (primary N) is 1. The van der Waals surface area contributed by atoms with Crippen molar-refractivity contribution >= 4 is 11.3 Å². The summed E-state index contributed by atoms with van der Waals surface area (Å²) < 4.78 is 2.15. The number of nitrogens with zero attached hydrogens (tertiary/aromatic N) is 2. The SMILES string of the molecule is Cc1c(CN(C)C)sc(-n2cccc2)c1CN. The van der Waals surface area contributed by atoms with Crippen molar-refractivity contribution < 1.29 is 0 Å². The Balaban J connectivity index is 2.45. The van der Waals surface area contributed by atoms with Gasteiger partial charge in [0.05, 0.1) is 0 Å². The molecule has 2 N–H and O–H groups in total. The molecule has 2 rings (SSSR count). The molecular weight excluding hydrogens is 230 g/mol. The van der Waals surface area contributed by atoms with Gasteiger partial charge in [0.25, 0.3) is 0 Å². The molecule has 0 amide bonds. The quantitative estimate of drug-likeness (QED) is 0.902. The summed E-state index contributed by atoms with van der Waals surface area (Å²) in [5, 5.41) is 1.26. The number of aromatic nitrogens is 1. The van der Waals surface area contributed by atoms with Gasteiger partial charge in [-0.05, 0) is 38.7 Å². The molecule has 2 aromatic heterocycles. The van der Waals surface area contributed by atoms with E-state index in [4.69, 9.17) is 5.73 Å². The minimum absolute atomic E-state index is 0.600. The Morgan fingerprint density at radius 2 is 1.94 bits per heavy atom. The highest BCUT2D eigenvalue weighted by molar-refractivity contribution is 7.14. The summed E-state index contributed by atoms with van der Waals surface area (Å²) in [5.74, 6) is 0. The minimum atomic E-state index is 0.600. The van der Waals surface area contributed by atoms with Crippen molar-refractivity contribution in [1.29, 1.82) is 0 Å². The van der Waals surface area contributed by atoms with Crippen LogP contribution in [0.4, 0.5) is 0 Å². The van der Waals surface area contributed by atoms with Crippen molar-refractivity contribution in [1.82, 2.24) is 9.47 Å². The lowest BCUT2D eigenvalue weighted by Crippen LogP contribution is -2.10. The third kappa shape index (κ3) is 2.44. The molecular formula is C13H19N3S. The Hall–Kier alpha value is -1.10. The summed E-state index contributed by atoms with van der Waals surface area (Å²) >= 11 is 1.84. The summed E-state index contributed by atoms with van der Waals surface area (Å²) in [7, 11) is 4.19. The number of thiophene rings is 1. The highest BCUT2D eigenvalue weighted by Crippen LogP contribution is 2.31. The summed E-state index contributed by atoms with van der Waals surface area (Å²) in [5.41, 5.74) is 8.49. The zero-order chi connectivity index (χ0) is 12.4. The van der Waals surface area contributed by atoms with E-state index >= 15 is 0 Å². The van der Waals surface area contributed by atoms with Crippen molar-refractivity contribution in [3.05, 3.63) is 40.5 Å². The van der Waals surface area contributed by atoms with Crippen LogP contribution in [0.25, 0.3) is 5.00 Å². The molecule has 0 spiro atoms. The standard InChI is InChI=1S/C13H19N3S/c1-10-11(8-14)13(16-6-4-5-7-16)17-12(10)9-15(2)3/h4-7H,8-9,14H2,1-3H3. The fourth-order valence-electron chi connectivity index (χ4n) is 1.94. The van der Waals surface area contributed by atoms with Crippen LogP contribution >= 0.6 is 11.3 Å². The van der Waals surface area contributed by atoms with Gasteiger partial charge in [0.1, 0.15) is 5.00 Å². The van der Waals surface area contributed by atoms with E-state index in [1.165, 1.54) is 21.0 Å². The van der Waals surface area contributed by atoms with E-state index in [1.54, 1.807) is 0 Å². The van der Waals surface area contributed by atoms with Crippen molar-refractivity contribution in [2.75, 3.05) is 14.1 Å². The maximum Gasteiger partial charge on any atom is 0.104 e. The normalized spacial score (nSPS) is 11.4. The van der Waals surface area contributed by atoms with Crippen LogP contribution in [-0.2, 0) is 13.1 Å². The predicted molar refractivity (Wildman–Crippen MR) is 73.7 cm³/mol. The molecule has 3 nitrogen and oxygen atoms in total. The van der Waals surface area contributed by atoms with Crippen LogP contribution in [0.1, 0.15) is 16.0 Å². The Morgan fingerprint density at radius 3 is 2.47 bits per heavy atom. The van der Waals surface area contributed by atoms with Crippen molar-refractivity contribution in [3.8, 4) is 5.00 Å². The summed E-state index contributed by atoms with van der Waals surface area (Å²) in [6.07, 6.45) is 4.15. The summed E-state index contributed by atoms with van der Waals surface area (Å²) in [6, 6.07) is 4.09. The second-order valence-electron chi connectivity index (χ2n) is 4.47. The third-order valence-electron chi connectivity index (χ3n) is 2.85. The molecule has 0 saturated heterocycles. The second kappa shape index (κ2) is 5.04. The van der Waals surface area contributed by atoms with Crippen molar-refractivity contribution in [2.45, 2.75) is 20.0 Å². The fourth-order valence-corrected chi connectivity index (χ4v) is 3.36. The highest BCUT2D eigenvalue weighted by atomic mass is 32.1. The number of rotatable bonds is 4. The van der Waals surface area contributed by atoms with E-state index in [1.807, 2.05) is 23.5 Å². The lowest BCUT2D eigenvalue weighted by atomic mass is 10.1. The molecule has 92 valence electrons. The van der Waals surface area contributed by atoms with E-state index in [0.29, 0.717) is 6.54 Å². The first-order valence-electron chi connectivity index (χ1n) is 5.72. The lowest BCUT2D eigenvalue weighted by Gasteiger charge is -2.08. The molecule has 0 atom stereocenters. The minimum Gasteiger partial charge on any atom is -0.326 e. The Morgan fingerprint density at radius 1 is 1.29 bits per heavy atom. The molecule has 2 aromatic rings. The highest BCUT2D eigenvalue weighted by Gasteiger charge is 2.14.